The third-order valence-corrected chi connectivity index (χ3v) is 0. The summed E-state index contributed by atoms with van der Waals surface area (Å²) in [6, 6.07) is 0. The van der Waals surface area contributed by atoms with E-state index in [4.69, 9.17) is 0 Å². The summed E-state index contributed by atoms with van der Waals surface area (Å²) >= 11 is 4.21. The molecule has 27 valence electrons. The van der Waals surface area contributed by atoms with Crippen LogP contribution in [-0.4, -0.2) is 13.4 Å². The monoisotopic (exact) mass is 289 g/mol. The molecule has 0 aromatic carbocycles. The Labute approximate surface area is 65.7 Å². The third kappa shape index (κ3) is 8.85. The maximum Gasteiger partial charge on any atom is 0 e. The van der Waals surface area contributed by atoms with Crippen molar-refractivity contribution in [3.05, 3.63) is 0 Å². The van der Waals surface area contributed by atoms with Crippen molar-refractivity contribution >= 4 is 13.4 Å². The molecule has 0 aliphatic carbocycles. The molecule has 2 radical (unpaired) electrons. The maximum absolute atomic E-state index is 2.32. The average molecular weight is 286 g/mol. The van der Waals surface area contributed by atoms with Gasteiger partial charge in [-0.2, -0.15) is 0 Å². The van der Waals surface area contributed by atoms with Crippen LogP contribution in [0.1, 0.15) is 0 Å². The first kappa shape index (κ1) is 16.3. The van der Waals surface area contributed by atoms with Gasteiger partial charge in [-0.15, -0.1) is 0 Å². The van der Waals surface area contributed by atoms with Gasteiger partial charge in [-0.05, 0) is 0 Å². The maximum atomic E-state index is 2.32. The molecule has 0 saturated carbocycles. The van der Waals surface area contributed by atoms with E-state index in [2.05, 4.69) is 13.4 Å². The molecule has 0 spiro atoms. The summed E-state index contributed by atoms with van der Waals surface area (Å²) in [5, 5.41) is 0. The largest absolute Gasteiger partial charge is 0 e. The number of rotatable bonds is 0. The van der Waals surface area contributed by atoms with E-state index in [1.165, 1.54) is 0 Å². The molecule has 0 aliphatic heterocycles. The summed E-state index contributed by atoms with van der Waals surface area (Å²) in [6.07, 6.45) is 0. The minimum atomic E-state index is 0. The molecule has 0 fully saturated rings. The third-order valence-electron chi connectivity index (χ3n) is 0. The van der Waals surface area contributed by atoms with Gasteiger partial charge < -0.3 is 0 Å². The van der Waals surface area contributed by atoms with Crippen molar-refractivity contribution in [1.82, 2.24) is 0 Å². The molecule has 0 atom stereocenters. The van der Waals surface area contributed by atoms with E-state index < -0.39 is 0 Å². The van der Waals surface area contributed by atoms with Gasteiger partial charge in [0.05, 0.1) is 0 Å². The molecular weight excluding hydrogens is 285 g/mol. The molecule has 0 rings (SSSR count). The van der Waals surface area contributed by atoms with Crippen molar-refractivity contribution in [1.29, 1.82) is 0 Å². The van der Waals surface area contributed by atoms with Gasteiger partial charge in [-0.25, -0.2) is 0 Å². The van der Waals surface area contributed by atoms with E-state index in [0.717, 1.165) is 0 Å². The Morgan fingerprint density at radius 2 is 1.25 bits per heavy atom. The van der Waals surface area contributed by atoms with Crippen molar-refractivity contribution in [2.24, 2.45) is 0 Å². The average Bonchev–Trinajstić information content (AvgIpc) is 1.00. The predicted octanol–water partition coefficient (Wildman–Crippen LogP) is -0.656. The molecule has 4 heavy (non-hydrogen) atoms. The van der Waals surface area contributed by atoms with Crippen molar-refractivity contribution in [2.75, 3.05) is 0 Å². The van der Waals surface area contributed by atoms with Crippen molar-refractivity contribution in [3.8, 4) is 0 Å². The first-order valence-corrected chi connectivity index (χ1v) is 5.61. The van der Waals surface area contributed by atoms with Crippen LogP contribution < -0.4 is 0 Å². The SMILES string of the molecule is [Co].[SeH][Mo].[V]. The van der Waals surface area contributed by atoms with Crippen LogP contribution in [0, 0.1) is 0 Å². The van der Waals surface area contributed by atoms with Gasteiger partial charge in [-0.3, -0.25) is 0 Å². The summed E-state index contributed by atoms with van der Waals surface area (Å²) in [4.78, 5) is 0. The normalized spacial score (nSPS) is 1.25. The number of hydrogen-bond acceptors (Lipinski definition) is 0. The van der Waals surface area contributed by atoms with Crippen LogP contribution in [0.15, 0.2) is 0 Å². The van der Waals surface area contributed by atoms with Crippen molar-refractivity contribution in [2.45, 2.75) is 0 Å². The Bertz CT molecular complexity index is 8.00. The van der Waals surface area contributed by atoms with Crippen LogP contribution >= 0.6 is 0 Å². The molecule has 0 saturated heterocycles. The Kier molecular flexibility index (Phi) is 75.3. The van der Waals surface area contributed by atoms with Gasteiger partial charge in [-0.1, -0.05) is 0 Å². The second-order valence-electron chi connectivity index (χ2n) is 0. The van der Waals surface area contributed by atoms with Crippen LogP contribution in [0.5, 0.6) is 0 Å². The van der Waals surface area contributed by atoms with Crippen LogP contribution in [0.4, 0.5) is 0 Å². The Hall–Kier alpha value is 2.30. The van der Waals surface area contributed by atoms with E-state index in [9.17, 15) is 0 Å². The van der Waals surface area contributed by atoms with E-state index >= 15 is 0 Å². The Morgan fingerprint density at radius 3 is 1.25 bits per heavy atom. The minimum Gasteiger partial charge on any atom is 0 e. The van der Waals surface area contributed by atoms with Crippen molar-refractivity contribution in [3.63, 3.8) is 0 Å². The van der Waals surface area contributed by atoms with Gasteiger partial charge in [0, 0.05) is 35.3 Å². The van der Waals surface area contributed by atoms with Crippen LogP contribution in [0.2, 0.25) is 0 Å². The Balaban J connectivity index is -0.00000000500. The molecule has 0 aromatic heterocycles. The zero-order valence-corrected chi connectivity index (χ0v) is 7.96. The van der Waals surface area contributed by atoms with Crippen LogP contribution in [0.25, 0.3) is 0 Å². The van der Waals surface area contributed by atoms with Gasteiger partial charge in [0.15, 0.2) is 0 Å². The standard InChI is InChI=1S/Co.Mo.H2Se.V/h;;1H2;/q;+1;;/p-1. The molecule has 0 heterocycles. The summed E-state index contributed by atoms with van der Waals surface area (Å²) in [6.45, 7) is 0. The summed E-state index contributed by atoms with van der Waals surface area (Å²) in [5.41, 5.74) is 0. The first-order chi connectivity index (χ1) is 1.00. The smallest absolute Gasteiger partial charge is 0 e. The van der Waals surface area contributed by atoms with Gasteiger partial charge in [0.25, 0.3) is 0 Å². The van der Waals surface area contributed by atoms with Crippen LogP contribution in [0.3, 0.4) is 0 Å². The van der Waals surface area contributed by atoms with Crippen molar-refractivity contribution < 1.29 is 53.1 Å². The summed E-state index contributed by atoms with van der Waals surface area (Å²) < 4.78 is 0. The van der Waals surface area contributed by atoms with Gasteiger partial charge in [0.2, 0.25) is 0 Å². The molecule has 0 aromatic rings. The number of hydrogen-bond donors (Lipinski definition) is 0. The van der Waals surface area contributed by atoms with E-state index in [1.54, 1.807) is 0 Å². The van der Waals surface area contributed by atoms with Crippen LogP contribution in [-0.2, 0) is 53.1 Å². The quantitative estimate of drug-likeness (QED) is 0.519. The second kappa shape index (κ2) is 18.5. The molecule has 0 N–H and O–H groups in total. The second-order valence-corrected chi connectivity index (χ2v) is 0. The first-order valence-electron chi connectivity index (χ1n) is 0.183. The molecular formula is HCoMoSeV. The summed E-state index contributed by atoms with van der Waals surface area (Å²) in [5.74, 6) is 0. The molecule has 0 unspecified atom stereocenters. The van der Waals surface area contributed by atoms with E-state index in [-0.39, 0.29) is 35.3 Å². The van der Waals surface area contributed by atoms with E-state index in [0.29, 0.717) is 0 Å². The van der Waals surface area contributed by atoms with Gasteiger partial charge >= 0.3 is 31.1 Å². The fourth-order valence-corrected chi connectivity index (χ4v) is 0. The fourth-order valence-electron chi connectivity index (χ4n) is 0. The predicted molar refractivity (Wildman–Crippen MR) is 7.15 cm³/mol. The molecule has 4 heteroatoms. The Morgan fingerprint density at radius 1 is 1.25 bits per heavy atom. The molecule has 0 nitrogen and oxygen atoms in total. The minimum absolute atomic E-state index is 0. The topological polar surface area (TPSA) is 0 Å². The molecule has 0 aliphatic rings. The molecule has 0 amide bonds. The van der Waals surface area contributed by atoms with Gasteiger partial charge in [0.1, 0.15) is 0 Å². The van der Waals surface area contributed by atoms with E-state index in [1.807, 2.05) is 17.7 Å². The fraction of sp³-hybridized carbons (Fsp3) is 0. The molecule has 0 bridgehead atoms. The zero-order chi connectivity index (χ0) is 2.00. The zero-order valence-electron chi connectivity index (χ0n) is 1.64. The summed E-state index contributed by atoms with van der Waals surface area (Å²) in [7, 11) is 0.